The minimum atomic E-state index is -3.68. The van der Waals surface area contributed by atoms with E-state index >= 15 is 0 Å². The molecule has 2 N–H and O–H groups in total. The second-order valence-electron chi connectivity index (χ2n) is 3.26. The Morgan fingerprint density at radius 2 is 2.19 bits per heavy atom. The lowest BCUT2D eigenvalue weighted by molar-refractivity contribution is 0.499. The van der Waals surface area contributed by atoms with Gasteiger partial charge in [-0.15, -0.1) is 6.58 Å². The van der Waals surface area contributed by atoms with Crippen LogP contribution in [0.2, 0.25) is 0 Å². The van der Waals surface area contributed by atoms with E-state index < -0.39 is 15.8 Å². The first-order valence-electron chi connectivity index (χ1n) is 4.52. The Bertz CT molecular complexity index is 500. The topological polar surface area (TPSA) is 63.4 Å². The van der Waals surface area contributed by atoms with Crippen LogP contribution in [0.4, 0.5) is 10.1 Å². The maximum Gasteiger partial charge on any atom is 0.245 e. The lowest BCUT2D eigenvalue weighted by atomic mass is 10.3. The first-order chi connectivity index (χ1) is 7.39. The lowest BCUT2D eigenvalue weighted by Crippen LogP contribution is -2.27. The van der Waals surface area contributed by atoms with E-state index in [2.05, 4.69) is 6.58 Å². The van der Waals surface area contributed by atoms with Crippen molar-refractivity contribution in [2.75, 3.05) is 19.3 Å². The van der Waals surface area contributed by atoms with Crippen molar-refractivity contribution in [2.45, 2.75) is 4.90 Å². The highest BCUT2D eigenvalue weighted by Crippen LogP contribution is 2.22. The summed E-state index contributed by atoms with van der Waals surface area (Å²) in [6.07, 6.45) is 1.46. The number of likely N-dealkylation sites (N-methyl/N-ethyl adjacent to an activating group) is 1. The molecule has 0 saturated heterocycles. The van der Waals surface area contributed by atoms with E-state index in [1.54, 1.807) is 0 Å². The highest BCUT2D eigenvalue weighted by molar-refractivity contribution is 7.89. The minimum Gasteiger partial charge on any atom is -0.398 e. The van der Waals surface area contributed by atoms with Gasteiger partial charge in [0.2, 0.25) is 10.0 Å². The molecule has 1 rings (SSSR count). The molecule has 0 saturated carbocycles. The highest BCUT2D eigenvalue weighted by atomic mass is 32.2. The van der Waals surface area contributed by atoms with Crippen molar-refractivity contribution in [3.63, 3.8) is 0 Å². The zero-order valence-electron chi connectivity index (χ0n) is 8.85. The molecule has 16 heavy (non-hydrogen) atoms. The number of hydrogen-bond acceptors (Lipinski definition) is 3. The van der Waals surface area contributed by atoms with Gasteiger partial charge in [-0.1, -0.05) is 6.08 Å². The molecular weight excluding hydrogens is 231 g/mol. The number of nitrogen functional groups attached to an aromatic ring is 1. The van der Waals surface area contributed by atoms with Crippen LogP contribution in [0.5, 0.6) is 0 Å². The Morgan fingerprint density at radius 3 is 2.69 bits per heavy atom. The average Bonchev–Trinajstić information content (AvgIpc) is 2.17. The second-order valence-corrected chi connectivity index (χ2v) is 5.27. The predicted octanol–water partition coefficient (Wildman–Crippen LogP) is 1.21. The summed E-state index contributed by atoms with van der Waals surface area (Å²) < 4.78 is 37.7. The highest BCUT2D eigenvalue weighted by Gasteiger charge is 2.22. The van der Waals surface area contributed by atoms with E-state index in [0.717, 1.165) is 22.5 Å². The molecule has 6 heteroatoms. The molecule has 1 aromatic rings. The molecule has 0 bridgehead atoms. The van der Waals surface area contributed by atoms with E-state index in [0.29, 0.717) is 0 Å². The Labute approximate surface area is 94.2 Å². The molecule has 0 heterocycles. The van der Waals surface area contributed by atoms with Crippen LogP contribution in [0.25, 0.3) is 0 Å². The van der Waals surface area contributed by atoms with Crippen LogP contribution in [0, 0.1) is 5.82 Å². The first kappa shape index (κ1) is 12.7. The number of sulfonamides is 1. The van der Waals surface area contributed by atoms with Gasteiger partial charge in [0.15, 0.2) is 0 Å². The average molecular weight is 244 g/mol. The van der Waals surface area contributed by atoms with Gasteiger partial charge in [0.1, 0.15) is 10.7 Å². The molecule has 0 radical (unpaired) electrons. The van der Waals surface area contributed by atoms with E-state index in [-0.39, 0.29) is 17.1 Å². The molecule has 0 aliphatic carbocycles. The smallest absolute Gasteiger partial charge is 0.245 e. The fourth-order valence-corrected chi connectivity index (χ4v) is 2.44. The molecule has 0 unspecified atom stereocenters. The van der Waals surface area contributed by atoms with Gasteiger partial charge in [-0.2, -0.15) is 4.31 Å². The summed E-state index contributed by atoms with van der Waals surface area (Å²) in [6, 6.07) is 3.19. The molecule has 0 aliphatic heterocycles. The van der Waals surface area contributed by atoms with Crippen LogP contribution < -0.4 is 5.73 Å². The van der Waals surface area contributed by atoms with Gasteiger partial charge in [-0.05, 0) is 18.2 Å². The Kier molecular flexibility index (Phi) is 3.66. The van der Waals surface area contributed by atoms with Crippen LogP contribution in [-0.4, -0.2) is 26.3 Å². The largest absolute Gasteiger partial charge is 0.398 e. The molecule has 0 atom stereocenters. The fourth-order valence-electron chi connectivity index (χ4n) is 1.20. The van der Waals surface area contributed by atoms with Crippen molar-refractivity contribution in [3.05, 3.63) is 36.7 Å². The molecule has 0 aliphatic rings. The van der Waals surface area contributed by atoms with Gasteiger partial charge < -0.3 is 5.73 Å². The third kappa shape index (κ3) is 2.40. The van der Waals surface area contributed by atoms with Gasteiger partial charge in [0.05, 0.1) is 5.69 Å². The van der Waals surface area contributed by atoms with Gasteiger partial charge in [0, 0.05) is 13.6 Å². The molecular formula is C10H13FN2O2S. The fraction of sp³-hybridized carbons (Fsp3) is 0.200. The lowest BCUT2D eigenvalue weighted by Gasteiger charge is -2.16. The van der Waals surface area contributed by atoms with E-state index in [1.165, 1.54) is 13.1 Å². The van der Waals surface area contributed by atoms with Gasteiger partial charge in [-0.3, -0.25) is 0 Å². The monoisotopic (exact) mass is 244 g/mol. The summed E-state index contributed by atoms with van der Waals surface area (Å²) in [4.78, 5) is -0.0988. The molecule has 0 aromatic heterocycles. The van der Waals surface area contributed by atoms with E-state index in [9.17, 15) is 12.8 Å². The van der Waals surface area contributed by atoms with Crippen LogP contribution in [0.15, 0.2) is 35.7 Å². The summed E-state index contributed by atoms with van der Waals surface area (Å²) in [7, 11) is -2.28. The van der Waals surface area contributed by atoms with Crippen LogP contribution in [-0.2, 0) is 10.0 Å². The van der Waals surface area contributed by atoms with Crippen molar-refractivity contribution >= 4 is 15.7 Å². The summed E-state index contributed by atoms with van der Waals surface area (Å²) in [6.45, 7) is 3.61. The van der Waals surface area contributed by atoms with E-state index in [4.69, 9.17) is 5.73 Å². The quantitative estimate of drug-likeness (QED) is 0.639. The van der Waals surface area contributed by atoms with Crippen molar-refractivity contribution in [1.29, 1.82) is 0 Å². The second kappa shape index (κ2) is 4.63. The van der Waals surface area contributed by atoms with Crippen LogP contribution in [0.1, 0.15) is 0 Å². The zero-order valence-corrected chi connectivity index (χ0v) is 9.67. The van der Waals surface area contributed by atoms with Crippen molar-refractivity contribution in [1.82, 2.24) is 4.31 Å². The summed E-state index contributed by atoms with van der Waals surface area (Å²) in [5.41, 5.74) is 5.37. The molecule has 0 fully saturated rings. The maximum absolute atomic E-state index is 12.8. The molecule has 88 valence electrons. The number of benzene rings is 1. The Hall–Kier alpha value is -1.40. The van der Waals surface area contributed by atoms with Gasteiger partial charge in [-0.25, -0.2) is 12.8 Å². The first-order valence-corrected chi connectivity index (χ1v) is 5.96. The van der Waals surface area contributed by atoms with Crippen molar-refractivity contribution in [2.24, 2.45) is 0 Å². The summed E-state index contributed by atoms with van der Waals surface area (Å²) in [5.74, 6) is -0.567. The number of nitrogens with zero attached hydrogens (tertiary/aromatic N) is 1. The third-order valence-electron chi connectivity index (χ3n) is 2.05. The summed E-state index contributed by atoms with van der Waals surface area (Å²) >= 11 is 0. The predicted molar refractivity (Wildman–Crippen MR) is 60.8 cm³/mol. The van der Waals surface area contributed by atoms with Crippen LogP contribution in [0.3, 0.4) is 0 Å². The maximum atomic E-state index is 12.8. The molecule has 4 nitrogen and oxygen atoms in total. The van der Waals surface area contributed by atoms with Crippen LogP contribution >= 0.6 is 0 Å². The normalized spacial score (nSPS) is 11.7. The van der Waals surface area contributed by atoms with Gasteiger partial charge >= 0.3 is 0 Å². The Balaban J connectivity index is 3.22. The zero-order chi connectivity index (χ0) is 12.3. The molecule has 0 spiro atoms. The number of anilines is 1. The molecule has 1 aromatic carbocycles. The number of hydrogen-bond donors (Lipinski definition) is 1. The number of halogens is 1. The third-order valence-corrected chi connectivity index (χ3v) is 3.94. The SMILES string of the molecule is C=CCN(C)S(=O)(=O)c1ccc(F)cc1N. The van der Waals surface area contributed by atoms with Crippen molar-refractivity contribution in [3.8, 4) is 0 Å². The summed E-state index contributed by atoms with van der Waals surface area (Å²) in [5, 5.41) is 0. The van der Waals surface area contributed by atoms with E-state index in [1.807, 2.05) is 0 Å². The standard InChI is InChI=1S/C10H13FN2O2S/c1-3-6-13(2)16(14,15)10-5-4-8(11)7-9(10)12/h3-5,7H,1,6,12H2,2H3. The van der Waals surface area contributed by atoms with Gasteiger partial charge in [0.25, 0.3) is 0 Å². The minimum absolute atomic E-state index is 0.0988. The molecule has 0 amide bonds. The number of nitrogens with two attached hydrogens (primary N) is 1. The van der Waals surface area contributed by atoms with Crippen molar-refractivity contribution < 1.29 is 12.8 Å². The Morgan fingerprint density at radius 1 is 1.56 bits per heavy atom. The number of rotatable bonds is 4.